The van der Waals surface area contributed by atoms with Crippen LogP contribution in [-0.2, 0) is 65.4 Å². The summed E-state index contributed by atoms with van der Waals surface area (Å²) in [7, 11) is -9.93. The van der Waals surface area contributed by atoms with E-state index in [0.717, 1.165) is 95.8 Å². The van der Waals surface area contributed by atoms with Crippen molar-refractivity contribution in [1.82, 2.24) is 0 Å². The number of hydrogen-bond donors (Lipinski definition) is 3. The fourth-order valence-corrected chi connectivity index (χ4v) is 15.6. The van der Waals surface area contributed by atoms with Gasteiger partial charge in [0.2, 0.25) is 0 Å². The van der Waals surface area contributed by atoms with Crippen molar-refractivity contribution in [1.29, 1.82) is 0 Å². The molecule has 0 fully saturated rings. The summed E-state index contributed by atoms with van der Waals surface area (Å²) in [5.41, 5.74) is 0. The molecule has 0 heterocycles. The zero-order valence-electron chi connectivity index (χ0n) is 71.0. The van der Waals surface area contributed by atoms with Gasteiger partial charge in [-0.3, -0.25) is 37.3 Å². The second-order valence-corrected chi connectivity index (χ2v) is 35.4. The van der Waals surface area contributed by atoms with Gasteiger partial charge in [-0.15, -0.1) is 0 Å². The van der Waals surface area contributed by atoms with E-state index in [1.807, 2.05) is 0 Å². The summed E-state index contributed by atoms with van der Waals surface area (Å²) in [6.07, 6.45) is 76.6. The van der Waals surface area contributed by atoms with Gasteiger partial charge in [0.25, 0.3) is 0 Å². The lowest BCUT2D eigenvalue weighted by Crippen LogP contribution is -2.30. The van der Waals surface area contributed by atoms with Crippen LogP contribution in [-0.4, -0.2) is 96.7 Å². The number of carbonyl (C=O) groups is 4. The predicted octanol–water partition coefficient (Wildman–Crippen LogP) is 27.5. The van der Waals surface area contributed by atoms with Crippen LogP contribution in [0.3, 0.4) is 0 Å². The molecule has 642 valence electrons. The highest BCUT2D eigenvalue weighted by Crippen LogP contribution is 2.45. The van der Waals surface area contributed by atoms with E-state index < -0.39 is 97.5 Å². The second-order valence-electron chi connectivity index (χ2n) is 32.5. The van der Waals surface area contributed by atoms with Crippen LogP contribution in [0.2, 0.25) is 0 Å². The van der Waals surface area contributed by atoms with Gasteiger partial charge in [0, 0.05) is 25.7 Å². The Bertz CT molecular complexity index is 2050. The smallest absolute Gasteiger partial charge is 0.462 e. The van der Waals surface area contributed by atoms with Gasteiger partial charge < -0.3 is 33.8 Å². The lowest BCUT2D eigenvalue weighted by atomic mass is 10.0. The van der Waals surface area contributed by atoms with Crippen LogP contribution >= 0.6 is 15.6 Å². The fourth-order valence-electron chi connectivity index (χ4n) is 14.0. The standard InChI is InChI=1S/C89H174O17P2/c1-6-9-12-15-18-21-23-25-27-29-31-33-34-36-38-40-45-49-54-59-64-69-74-89(94)106-85(79-100-87(92)73-68-63-58-53-48-44-39-37-35-32-30-28-26-24-22-19-16-13-10-7-2)81-104-108(97,98)102-77-83(90)76-101-107(95,96)103-80-84(78-99-86(91)72-67-62-57-51-20-17-14-11-8-3)105-88(93)75-70-65-60-55-50-46-42-41-43-47-52-56-61-66-71-82(4)5/h82-85,90H,6-81H2,1-5H3,(H,95,96)(H,97,98)/t83-,84+,85+/m0/s1. The molecule has 0 saturated heterocycles. The number of aliphatic hydroxyl groups excluding tert-OH is 1. The molecule has 3 N–H and O–H groups in total. The summed E-state index contributed by atoms with van der Waals surface area (Å²) >= 11 is 0. The maximum atomic E-state index is 13.2. The van der Waals surface area contributed by atoms with Crippen LogP contribution in [0.1, 0.15) is 484 Å². The van der Waals surface area contributed by atoms with E-state index in [1.54, 1.807) is 0 Å². The minimum absolute atomic E-state index is 0.108. The van der Waals surface area contributed by atoms with Gasteiger partial charge in [-0.2, -0.15) is 0 Å². The molecule has 0 aromatic rings. The Labute approximate surface area is 664 Å². The highest BCUT2D eigenvalue weighted by molar-refractivity contribution is 7.47. The van der Waals surface area contributed by atoms with Crippen molar-refractivity contribution in [3.8, 4) is 0 Å². The topological polar surface area (TPSA) is 237 Å². The zero-order chi connectivity index (χ0) is 79.0. The van der Waals surface area contributed by atoms with Gasteiger partial charge in [-0.05, 0) is 31.6 Å². The first kappa shape index (κ1) is 106. The Balaban J connectivity index is 5.19. The molecule has 0 rings (SSSR count). The summed E-state index contributed by atoms with van der Waals surface area (Å²) in [6.45, 7) is 7.38. The summed E-state index contributed by atoms with van der Waals surface area (Å²) in [4.78, 5) is 73.3. The van der Waals surface area contributed by atoms with E-state index in [0.29, 0.717) is 25.7 Å². The molecular formula is C89H174O17P2. The molecule has 108 heavy (non-hydrogen) atoms. The van der Waals surface area contributed by atoms with Crippen LogP contribution in [0.15, 0.2) is 0 Å². The third-order valence-electron chi connectivity index (χ3n) is 21.0. The number of unbranched alkanes of at least 4 members (excludes halogenated alkanes) is 61. The minimum Gasteiger partial charge on any atom is -0.462 e. The number of hydrogen-bond acceptors (Lipinski definition) is 15. The van der Waals surface area contributed by atoms with Gasteiger partial charge in [0.05, 0.1) is 26.4 Å². The van der Waals surface area contributed by atoms with E-state index in [-0.39, 0.29) is 25.7 Å². The van der Waals surface area contributed by atoms with Crippen molar-refractivity contribution >= 4 is 39.5 Å². The molecular weight excluding hydrogens is 1400 g/mol. The number of aliphatic hydroxyl groups is 1. The van der Waals surface area contributed by atoms with E-state index in [1.165, 1.54) is 308 Å². The van der Waals surface area contributed by atoms with Crippen LogP contribution in [0.5, 0.6) is 0 Å². The molecule has 0 radical (unpaired) electrons. The van der Waals surface area contributed by atoms with Crippen LogP contribution < -0.4 is 0 Å². The second kappa shape index (κ2) is 81.6. The van der Waals surface area contributed by atoms with Crippen molar-refractivity contribution in [2.75, 3.05) is 39.6 Å². The van der Waals surface area contributed by atoms with Crippen molar-refractivity contribution in [3.05, 3.63) is 0 Å². The Hall–Kier alpha value is -1.94. The average Bonchev–Trinajstić information content (AvgIpc) is 0.903. The number of carbonyl (C=O) groups excluding carboxylic acids is 4. The maximum Gasteiger partial charge on any atom is 0.472 e. The third kappa shape index (κ3) is 82.1. The number of ether oxygens (including phenoxy) is 4. The van der Waals surface area contributed by atoms with Crippen LogP contribution in [0, 0.1) is 5.92 Å². The monoisotopic (exact) mass is 1580 g/mol. The Kier molecular flexibility index (Phi) is 80.2. The number of rotatable bonds is 89. The zero-order valence-corrected chi connectivity index (χ0v) is 72.8. The highest BCUT2D eigenvalue weighted by atomic mass is 31.2. The SMILES string of the molecule is CCCCCCCCCCCCCCCCCCCCCCCCC(=O)O[C@H](COC(=O)CCCCCCCCCCCCCCCCCCCCCC)COP(=O)(O)OC[C@@H](O)COP(=O)(O)OC[C@@H](COC(=O)CCCCCCCCCCC)OC(=O)CCCCCCCCCCCCCCCCC(C)C. The molecule has 0 aliphatic heterocycles. The molecule has 0 spiro atoms. The van der Waals surface area contributed by atoms with E-state index in [4.69, 9.17) is 37.0 Å². The van der Waals surface area contributed by atoms with Crippen molar-refractivity contribution < 1.29 is 80.2 Å². The van der Waals surface area contributed by atoms with E-state index in [9.17, 15) is 43.2 Å². The molecule has 0 aliphatic rings. The molecule has 0 amide bonds. The maximum absolute atomic E-state index is 13.2. The summed E-state index contributed by atoms with van der Waals surface area (Å²) < 4.78 is 68.9. The van der Waals surface area contributed by atoms with Gasteiger partial charge in [0.1, 0.15) is 19.3 Å². The molecule has 0 aromatic carbocycles. The normalized spacial score (nSPS) is 13.7. The quantitative estimate of drug-likeness (QED) is 0.0222. The number of phosphoric acid groups is 2. The minimum atomic E-state index is -4.97. The summed E-state index contributed by atoms with van der Waals surface area (Å²) in [6, 6.07) is 0. The molecule has 0 saturated carbocycles. The molecule has 5 atom stereocenters. The third-order valence-corrected chi connectivity index (χ3v) is 22.9. The first-order chi connectivity index (χ1) is 52.5. The molecule has 0 bridgehead atoms. The van der Waals surface area contributed by atoms with E-state index in [2.05, 4.69) is 34.6 Å². The Morgan fingerprint density at radius 2 is 0.426 bits per heavy atom. The van der Waals surface area contributed by atoms with Gasteiger partial charge in [-0.25, -0.2) is 9.13 Å². The molecule has 0 aromatic heterocycles. The lowest BCUT2D eigenvalue weighted by molar-refractivity contribution is -0.161. The number of phosphoric ester groups is 2. The molecule has 17 nitrogen and oxygen atoms in total. The van der Waals surface area contributed by atoms with Crippen molar-refractivity contribution in [2.45, 2.75) is 502 Å². The fraction of sp³-hybridized carbons (Fsp3) is 0.955. The van der Waals surface area contributed by atoms with Crippen LogP contribution in [0.25, 0.3) is 0 Å². The van der Waals surface area contributed by atoms with Gasteiger partial charge in [-0.1, -0.05) is 433 Å². The highest BCUT2D eigenvalue weighted by Gasteiger charge is 2.30. The van der Waals surface area contributed by atoms with Gasteiger partial charge in [0.15, 0.2) is 12.2 Å². The first-order valence-electron chi connectivity index (χ1n) is 46.1. The average molecular weight is 1580 g/mol. The lowest BCUT2D eigenvalue weighted by Gasteiger charge is -2.21. The Morgan fingerprint density at radius 1 is 0.250 bits per heavy atom. The van der Waals surface area contributed by atoms with Crippen molar-refractivity contribution in [2.24, 2.45) is 5.92 Å². The largest absolute Gasteiger partial charge is 0.472 e. The molecule has 0 aliphatic carbocycles. The van der Waals surface area contributed by atoms with Crippen LogP contribution in [0.4, 0.5) is 0 Å². The predicted molar refractivity (Wildman–Crippen MR) is 446 cm³/mol. The van der Waals surface area contributed by atoms with E-state index >= 15 is 0 Å². The summed E-state index contributed by atoms with van der Waals surface area (Å²) in [5, 5.41) is 10.7. The molecule has 19 heteroatoms. The Morgan fingerprint density at radius 3 is 0.630 bits per heavy atom. The molecule has 2 unspecified atom stereocenters. The first-order valence-corrected chi connectivity index (χ1v) is 49.1. The van der Waals surface area contributed by atoms with Gasteiger partial charge >= 0.3 is 39.5 Å². The number of esters is 4. The van der Waals surface area contributed by atoms with Crippen molar-refractivity contribution in [3.63, 3.8) is 0 Å². The summed E-state index contributed by atoms with van der Waals surface area (Å²) in [5.74, 6) is -1.30.